The molecule has 0 spiro atoms. The summed E-state index contributed by atoms with van der Waals surface area (Å²) in [7, 11) is 0. The molecule has 1 saturated heterocycles. The van der Waals surface area contributed by atoms with Gasteiger partial charge in [0.2, 0.25) is 0 Å². The van der Waals surface area contributed by atoms with Crippen LogP contribution in [0.1, 0.15) is 36.9 Å². The molecule has 2 aromatic carbocycles. The Bertz CT molecular complexity index is 1160. The molecule has 0 atom stereocenters. The molecule has 2 N–H and O–H groups in total. The number of hydrogen-bond acceptors (Lipinski definition) is 3. The fourth-order valence-electron chi connectivity index (χ4n) is 4.67. The van der Waals surface area contributed by atoms with E-state index >= 15 is 0 Å². The molecular weight excluding hydrogens is 448 g/mol. The summed E-state index contributed by atoms with van der Waals surface area (Å²) in [6, 6.07) is 19.2. The van der Waals surface area contributed by atoms with Gasteiger partial charge in [-0.2, -0.15) is 0 Å². The van der Waals surface area contributed by atoms with Gasteiger partial charge in [0.05, 0.1) is 5.52 Å². The molecule has 0 bridgehead atoms. The van der Waals surface area contributed by atoms with Crippen LogP contribution >= 0.6 is 15.9 Å². The lowest BCUT2D eigenvalue weighted by Gasteiger charge is -2.26. The summed E-state index contributed by atoms with van der Waals surface area (Å²) in [6.45, 7) is 4.62. The zero-order valence-corrected chi connectivity index (χ0v) is 19.4. The number of H-pyrrole nitrogens is 1. The largest absolute Gasteiger partial charge is 0.369 e. The summed E-state index contributed by atoms with van der Waals surface area (Å²) in [5, 5.41) is 6.09. The van der Waals surface area contributed by atoms with E-state index in [2.05, 4.69) is 85.7 Å². The van der Waals surface area contributed by atoms with Gasteiger partial charge < -0.3 is 15.2 Å². The van der Waals surface area contributed by atoms with Crippen LogP contribution in [0.2, 0.25) is 0 Å². The van der Waals surface area contributed by atoms with E-state index in [0.717, 1.165) is 46.4 Å². The van der Waals surface area contributed by atoms with Crippen LogP contribution in [0.4, 0.5) is 5.82 Å². The molecule has 5 heteroatoms. The monoisotopic (exact) mass is 476 g/mol. The van der Waals surface area contributed by atoms with Crippen molar-refractivity contribution in [2.75, 3.05) is 31.5 Å². The minimum atomic E-state index is 0.832. The maximum Gasteiger partial charge on any atom is 0.136 e. The fourth-order valence-corrected chi connectivity index (χ4v) is 5.03. The lowest BCUT2D eigenvalue weighted by atomic mass is 10.1. The van der Waals surface area contributed by atoms with E-state index in [-0.39, 0.29) is 0 Å². The molecule has 2 aromatic heterocycles. The quantitative estimate of drug-likeness (QED) is 0.305. The molecule has 0 radical (unpaired) electrons. The number of pyridine rings is 1. The van der Waals surface area contributed by atoms with Crippen LogP contribution in [0.3, 0.4) is 0 Å². The number of likely N-dealkylation sites (tertiary alicyclic amines) is 1. The van der Waals surface area contributed by atoms with Gasteiger partial charge in [0, 0.05) is 39.4 Å². The number of piperidine rings is 1. The maximum atomic E-state index is 5.07. The summed E-state index contributed by atoms with van der Waals surface area (Å²) in [5.41, 5.74) is 4.65. The molecule has 5 rings (SSSR count). The number of halogens is 1. The third kappa shape index (κ3) is 4.78. The van der Waals surface area contributed by atoms with Crippen LogP contribution in [-0.2, 0) is 6.42 Å². The molecule has 160 valence electrons. The molecule has 0 saturated carbocycles. The number of nitrogens with zero attached hydrogens (tertiary/aromatic N) is 2. The first-order valence-electron chi connectivity index (χ1n) is 11.4. The zero-order valence-electron chi connectivity index (χ0n) is 17.8. The molecular formula is C26H29BrN4. The highest BCUT2D eigenvalue weighted by Gasteiger charge is 2.14. The number of hydrogen-bond donors (Lipinski definition) is 2. The lowest BCUT2D eigenvalue weighted by molar-refractivity contribution is 0.228. The molecule has 1 aliphatic heterocycles. The second-order valence-corrected chi connectivity index (χ2v) is 9.46. The topological polar surface area (TPSA) is 44.0 Å². The van der Waals surface area contributed by atoms with Crippen molar-refractivity contribution < 1.29 is 0 Å². The van der Waals surface area contributed by atoms with E-state index in [1.54, 1.807) is 0 Å². The van der Waals surface area contributed by atoms with Crippen molar-refractivity contribution in [1.29, 1.82) is 0 Å². The maximum absolute atomic E-state index is 5.07. The van der Waals surface area contributed by atoms with Crippen LogP contribution in [0.25, 0.3) is 21.8 Å². The summed E-state index contributed by atoms with van der Waals surface area (Å²) in [4.78, 5) is 11.3. The normalized spacial score (nSPS) is 15.0. The highest BCUT2D eigenvalue weighted by molar-refractivity contribution is 9.10. The minimum absolute atomic E-state index is 0.832. The Kier molecular flexibility index (Phi) is 6.23. The molecule has 4 aromatic rings. The molecule has 1 fully saturated rings. The first-order valence-corrected chi connectivity index (χ1v) is 12.2. The highest BCUT2D eigenvalue weighted by atomic mass is 79.9. The Balaban J connectivity index is 1.42. The Morgan fingerprint density at radius 1 is 0.968 bits per heavy atom. The summed E-state index contributed by atoms with van der Waals surface area (Å²) >= 11 is 3.60. The van der Waals surface area contributed by atoms with E-state index in [0.29, 0.717) is 0 Å². The van der Waals surface area contributed by atoms with Crippen LogP contribution in [0.5, 0.6) is 0 Å². The third-order valence-corrected chi connectivity index (χ3v) is 6.71. The summed E-state index contributed by atoms with van der Waals surface area (Å²) < 4.78 is 1.08. The van der Waals surface area contributed by atoms with Gasteiger partial charge in [-0.25, -0.2) is 4.98 Å². The van der Waals surface area contributed by atoms with Crippen molar-refractivity contribution in [3.05, 3.63) is 70.3 Å². The Hall–Kier alpha value is -2.37. The molecule has 1 aliphatic rings. The number of rotatable bonds is 7. The predicted octanol–water partition coefficient (Wildman–Crippen LogP) is 6.36. The van der Waals surface area contributed by atoms with Gasteiger partial charge in [0.25, 0.3) is 0 Å². The number of aromatic amines is 1. The van der Waals surface area contributed by atoms with Crippen molar-refractivity contribution in [3.8, 4) is 0 Å². The van der Waals surface area contributed by atoms with E-state index < -0.39 is 0 Å². The van der Waals surface area contributed by atoms with Crippen molar-refractivity contribution in [1.82, 2.24) is 14.9 Å². The molecule has 3 heterocycles. The summed E-state index contributed by atoms with van der Waals surface area (Å²) in [5.74, 6) is 0.996. The SMILES string of the molecule is Brc1ccc2c(c1)[nH]c1cc(Cc3ccccc3)nc(NCCCN3CCCCC3)c12. The van der Waals surface area contributed by atoms with E-state index in [1.165, 1.54) is 55.2 Å². The van der Waals surface area contributed by atoms with E-state index in [9.17, 15) is 0 Å². The van der Waals surface area contributed by atoms with Gasteiger partial charge in [-0.3, -0.25) is 0 Å². The van der Waals surface area contributed by atoms with Gasteiger partial charge in [-0.05, 0) is 62.7 Å². The molecule has 0 amide bonds. The first kappa shape index (κ1) is 20.5. The van der Waals surface area contributed by atoms with Crippen LogP contribution in [-0.4, -0.2) is 41.0 Å². The number of anilines is 1. The van der Waals surface area contributed by atoms with Crippen LogP contribution < -0.4 is 5.32 Å². The summed E-state index contributed by atoms with van der Waals surface area (Å²) in [6.07, 6.45) is 6.06. The van der Waals surface area contributed by atoms with Gasteiger partial charge >= 0.3 is 0 Å². The van der Waals surface area contributed by atoms with Crippen molar-refractivity contribution >= 4 is 43.6 Å². The molecule has 31 heavy (non-hydrogen) atoms. The number of nitrogens with one attached hydrogen (secondary N) is 2. The smallest absolute Gasteiger partial charge is 0.136 e. The second kappa shape index (κ2) is 9.41. The third-order valence-electron chi connectivity index (χ3n) is 6.21. The first-order chi connectivity index (χ1) is 15.3. The second-order valence-electron chi connectivity index (χ2n) is 8.54. The number of fused-ring (bicyclic) bond motifs is 3. The minimum Gasteiger partial charge on any atom is -0.369 e. The van der Waals surface area contributed by atoms with Gasteiger partial charge in [0.15, 0.2) is 0 Å². The van der Waals surface area contributed by atoms with Crippen molar-refractivity contribution in [2.24, 2.45) is 0 Å². The molecule has 0 unspecified atom stereocenters. The van der Waals surface area contributed by atoms with E-state index in [4.69, 9.17) is 4.98 Å². The van der Waals surface area contributed by atoms with E-state index in [1.807, 2.05) is 0 Å². The fraction of sp³-hybridized carbons (Fsp3) is 0.346. The van der Waals surface area contributed by atoms with Gasteiger partial charge in [0.1, 0.15) is 5.82 Å². The highest BCUT2D eigenvalue weighted by Crippen LogP contribution is 2.33. The Labute approximate surface area is 192 Å². The van der Waals surface area contributed by atoms with Crippen molar-refractivity contribution in [2.45, 2.75) is 32.1 Å². The Morgan fingerprint density at radius 2 is 1.81 bits per heavy atom. The average Bonchev–Trinajstić information content (AvgIpc) is 3.15. The molecule has 4 nitrogen and oxygen atoms in total. The standard InChI is InChI=1S/C26H29BrN4/c27-20-10-11-22-23(17-20)30-24-18-21(16-19-8-3-1-4-9-19)29-26(25(22)24)28-12-7-15-31-13-5-2-6-14-31/h1,3-4,8-11,17-18,30H,2,5-7,12-16H2,(H,28,29). The average molecular weight is 477 g/mol. The van der Waals surface area contributed by atoms with Crippen LogP contribution in [0.15, 0.2) is 59.1 Å². The predicted molar refractivity (Wildman–Crippen MR) is 134 cm³/mol. The van der Waals surface area contributed by atoms with Crippen LogP contribution in [0, 0.1) is 0 Å². The lowest BCUT2D eigenvalue weighted by Crippen LogP contribution is -2.31. The molecule has 0 aliphatic carbocycles. The Morgan fingerprint density at radius 3 is 2.65 bits per heavy atom. The number of benzene rings is 2. The van der Waals surface area contributed by atoms with Gasteiger partial charge in [-0.1, -0.05) is 58.7 Å². The van der Waals surface area contributed by atoms with Crippen molar-refractivity contribution in [3.63, 3.8) is 0 Å². The zero-order chi connectivity index (χ0) is 21.0. The van der Waals surface area contributed by atoms with Gasteiger partial charge in [-0.15, -0.1) is 0 Å². The number of aromatic nitrogens is 2.